The van der Waals surface area contributed by atoms with Crippen molar-refractivity contribution in [1.82, 2.24) is 20.2 Å². The third kappa shape index (κ3) is 4.56. The highest BCUT2D eigenvalue weighted by atomic mass is 35.5. The molecule has 0 spiro atoms. The number of halogens is 2. The molecule has 2 N–H and O–H groups in total. The average Bonchev–Trinajstić information content (AvgIpc) is 2.90. The van der Waals surface area contributed by atoms with Crippen molar-refractivity contribution in [1.29, 1.82) is 0 Å². The first-order valence-electron chi connectivity index (χ1n) is 8.46. The SMILES string of the molecule is Cc1nc2ccccc2n1CCNC(=O)C1(S(C)(=O)=O)CCNCC1.Cl.Cl. The van der Waals surface area contributed by atoms with Crippen molar-refractivity contribution in [3.05, 3.63) is 30.1 Å². The van der Waals surface area contributed by atoms with Crippen molar-refractivity contribution < 1.29 is 13.2 Å². The van der Waals surface area contributed by atoms with Crippen LogP contribution in [0.5, 0.6) is 0 Å². The molecule has 10 heteroatoms. The van der Waals surface area contributed by atoms with Gasteiger partial charge in [0, 0.05) is 19.3 Å². The van der Waals surface area contributed by atoms with Crippen LogP contribution in [-0.2, 0) is 21.2 Å². The smallest absolute Gasteiger partial charge is 0.241 e. The highest BCUT2D eigenvalue weighted by molar-refractivity contribution is 7.92. The van der Waals surface area contributed by atoms with Gasteiger partial charge in [-0.05, 0) is 45.0 Å². The number of fused-ring (bicyclic) bond motifs is 1. The Hall–Kier alpha value is -1.35. The Kier molecular flexibility index (Phi) is 8.10. The number of nitrogens with zero attached hydrogens (tertiary/aromatic N) is 2. The first-order valence-corrected chi connectivity index (χ1v) is 10.3. The highest BCUT2D eigenvalue weighted by Crippen LogP contribution is 2.28. The van der Waals surface area contributed by atoms with Gasteiger partial charge in [0.25, 0.3) is 0 Å². The Morgan fingerprint density at radius 2 is 1.89 bits per heavy atom. The predicted octanol–water partition coefficient (Wildman–Crippen LogP) is 1.47. The van der Waals surface area contributed by atoms with Crippen LogP contribution in [0, 0.1) is 6.92 Å². The maximum Gasteiger partial charge on any atom is 0.241 e. The molecule has 7 nitrogen and oxygen atoms in total. The number of amides is 1. The largest absolute Gasteiger partial charge is 0.353 e. The topological polar surface area (TPSA) is 93.1 Å². The van der Waals surface area contributed by atoms with Crippen molar-refractivity contribution in [2.45, 2.75) is 31.1 Å². The number of para-hydroxylation sites is 2. The summed E-state index contributed by atoms with van der Waals surface area (Å²) in [6.45, 7) is 3.91. The highest BCUT2D eigenvalue weighted by Gasteiger charge is 2.48. The first-order chi connectivity index (χ1) is 11.8. The Bertz CT molecular complexity index is 893. The Morgan fingerprint density at radius 3 is 2.52 bits per heavy atom. The van der Waals surface area contributed by atoms with Crippen LogP contribution in [-0.4, -0.2) is 54.5 Å². The molecule has 0 unspecified atom stereocenters. The van der Waals surface area contributed by atoms with Gasteiger partial charge in [-0.15, -0.1) is 24.8 Å². The van der Waals surface area contributed by atoms with E-state index in [0.29, 0.717) is 39.0 Å². The molecule has 0 radical (unpaired) electrons. The third-order valence-corrected chi connectivity index (χ3v) is 7.01. The molecule has 27 heavy (non-hydrogen) atoms. The minimum atomic E-state index is -3.48. The van der Waals surface area contributed by atoms with Crippen molar-refractivity contribution >= 4 is 51.6 Å². The van der Waals surface area contributed by atoms with Gasteiger partial charge in [0.1, 0.15) is 5.82 Å². The van der Waals surface area contributed by atoms with Crippen LogP contribution in [0.4, 0.5) is 0 Å². The van der Waals surface area contributed by atoms with Gasteiger partial charge in [-0.1, -0.05) is 12.1 Å². The molecule has 1 aromatic carbocycles. The normalized spacial score (nSPS) is 16.2. The lowest BCUT2D eigenvalue weighted by Gasteiger charge is -2.34. The maximum atomic E-state index is 12.7. The zero-order chi connectivity index (χ0) is 18.1. The quantitative estimate of drug-likeness (QED) is 0.739. The van der Waals surface area contributed by atoms with Crippen LogP contribution in [0.2, 0.25) is 0 Å². The summed E-state index contributed by atoms with van der Waals surface area (Å²) >= 11 is 0. The van der Waals surface area contributed by atoms with E-state index >= 15 is 0 Å². The molecule has 1 aliphatic rings. The summed E-state index contributed by atoms with van der Waals surface area (Å²) in [6.07, 6.45) is 1.78. The fourth-order valence-electron chi connectivity index (χ4n) is 3.52. The molecular weight excluding hydrogens is 411 g/mol. The lowest BCUT2D eigenvalue weighted by Crippen LogP contribution is -2.57. The summed E-state index contributed by atoms with van der Waals surface area (Å²) in [4.78, 5) is 17.2. The Morgan fingerprint density at radius 1 is 1.26 bits per heavy atom. The second-order valence-corrected chi connectivity index (χ2v) is 8.90. The number of carbonyl (C=O) groups excluding carboxylic acids is 1. The van der Waals surface area contributed by atoms with Crippen LogP contribution in [0.25, 0.3) is 11.0 Å². The lowest BCUT2D eigenvalue weighted by molar-refractivity contribution is -0.124. The summed E-state index contributed by atoms with van der Waals surface area (Å²) in [5.41, 5.74) is 1.92. The number of hydrogen-bond acceptors (Lipinski definition) is 5. The number of imidazole rings is 1. The van der Waals surface area contributed by atoms with E-state index in [1.807, 2.05) is 35.8 Å². The van der Waals surface area contributed by atoms with Gasteiger partial charge >= 0.3 is 0 Å². The number of rotatable bonds is 5. The van der Waals surface area contributed by atoms with E-state index < -0.39 is 20.5 Å². The number of sulfone groups is 1. The van der Waals surface area contributed by atoms with E-state index in [0.717, 1.165) is 23.1 Å². The van der Waals surface area contributed by atoms with Crippen LogP contribution in [0.15, 0.2) is 24.3 Å². The molecule has 0 aliphatic carbocycles. The van der Waals surface area contributed by atoms with Crippen LogP contribution in [0.3, 0.4) is 0 Å². The molecule has 0 atom stereocenters. The van der Waals surface area contributed by atoms with Crippen molar-refractivity contribution in [2.24, 2.45) is 0 Å². The van der Waals surface area contributed by atoms with E-state index in [1.165, 1.54) is 0 Å². The lowest BCUT2D eigenvalue weighted by atomic mass is 9.96. The standard InChI is InChI=1S/C17H24N4O3S.2ClH/c1-13-20-14-5-3-4-6-15(14)21(13)12-11-19-16(22)17(25(2,23)24)7-9-18-10-8-17;;/h3-6,18H,7-12H2,1-2H3,(H,19,22);2*1H. The van der Waals surface area contributed by atoms with Crippen LogP contribution < -0.4 is 10.6 Å². The molecule has 0 bridgehead atoms. The maximum absolute atomic E-state index is 12.7. The number of nitrogens with one attached hydrogen (secondary N) is 2. The molecular formula is C17H26Cl2N4O3S. The van der Waals surface area contributed by atoms with Crippen LogP contribution >= 0.6 is 24.8 Å². The Balaban J connectivity index is 0.00000182. The van der Waals surface area contributed by atoms with Crippen molar-refractivity contribution in [3.8, 4) is 0 Å². The number of piperidine rings is 1. The molecule has 2 heterocycles. The van der Waals surface area contributed by atoms with Gasteiger partial charge in [-0.2, -0.15) is 0 Å². The summed E-state index contributed by atoms with van der Waals surface area (Å²) in [7, 11) is -3.48. The number of hydrogen-bond donors (Lipinski definition) is 2. The van der Waals surface area contributed by atoms with E-state index in [-0.39, 0.29) is 24.8 Å². The first kappa shape index (κ1) is 23.7. The second kappa shape index (κ2) is 9.23. The third-order valence-electron chi connectivity index (χ3n) is 5.00. The minimum Gasteiger partial charge on any atom is -0.353 e. The van der Waals surface area contributed by atoms with Gasteiger partial charge in [0.05, 0.1) is 11.0 Å². The van der Waals surface area contributed by atoms with E-state index in [2.05, 4.69) is 15.6 Å². The molecule has 0 saturated carbocycles. The zero-order valence-corrected chi connectivity index (χ0v) is 17.8. The minimum absolute atomic E-state index is 0. The number of benzene rings is 1. The van der Waals surface area contributed by atoms with Gasteiger partial charge in [0.15, 0.2) is 14.6 Å². The molecule has 1 aliphatic heterocycles. The molecule has 1 saturated heterocycles. The fraction of sp³-hybridized carbons (Fsp3) is 0.529. The summed E-state index contributed by atoms with van der Waals surface area (Å²) in [5.74, 6) is 0.480. The Labute approximate surface area is 172 Å². The summed E-state index contributed by atoms with van der Waals surface area (Å²) in [6, 6.07) is 7.83. The van der Waals surface area contributed by atoms with Crippen molar-refractivity contribution in [3.63, 3.8) is 0 Å². The monoisotopic (exact) mass is 436 g/mol. The van der Waals surface area contributed by atoms with E-state index in [4.69, 9.17) is 0 Å². The second-order valence-electron chi connectivity index (χ2n) is 6.57. The number of carbonyl (C=O) groups is 1. The molecule has 2 aromatic rings. The fourth-order valence-corrected chi connectivity index (χ4v) is 4.87. The summed E-state index contributed by atoms with van der Waals surface area (Å²) < 4.78 is 25.3. The molecule has 1 fully saturated rings. The van der Waals surface area contributed by atoms with Gasteiger partial charge < -0.3 is 15.2 Å². The zero-order valence-electron chi connectivity index (χ0n) is 15.4. The van der Waals surface area contributed by atoms with Crippen LogP contribution in [0.1, 0.15) is 18.7 Å². The van der Waals surface area contributed by atoms with Gasteiger partial charge in [-0.25, -0.2) is 13.4 Å². The molecule has 3 rings (SSSR count). The number of aryl methyl sites for hydroxylation is 1. The van der Waals surface area contributed by atoms with Gasteiger partial charge in [0.2, 0.25) is 5.91 Å². The summed E-state index contributed by atoms with van der Waals surface area (Å²) in [5, 5.41) is 5.95. The van der Waals surface area contributed by atoms with E-state index in [9.17, 15) is 13.2 Å². The predicted molar refractivity (Wildman–Crippen MR) is 112 cm³/mol. The number of aromatic nitrogens is 2. The molecule has 1 amide bonds. The molecule has 1 aromatic heterocycles. The van der Waals surface area contributed by atoms with Crippen molar-refractivity contribution in [2.75, 3.05) is 25.9 Å². The van der Waals surface area contributed by atoms with Gasteiger partial charge in [-0.3, -0.25) is 4.79 Å². The average molecular weight is 437 g/mol. The van der Waals surface area contributed by atoms with E-state index in [1.54, 1.807) is 0 Å². The molecule has 152 valence electrons.